The van der Waals surface area contributed by atoms with E-state index in [0.717, 1.165) is 32.5 Å². The molecule has 2 aliphatic heterocycles. The van der Waals surface area contributed by atoms with E-state index in [1.807, 2.05) is 6.92 Å². The first kappa shape index (κ1) is 34.5. The number of likely N-dealkylation sites (tertiary alicyclic amines) is 1. The average molecular weight is 680 g/mol. The number of tetrazole rings is 1. The minimum absolute atomic E-state index is 0.00136. The van der Waals surface area contributed by atoms with Crippen LogP contribution in [0.3, 0.4) is 0 Å². The van der Waals surface area contributed by atoms with Gasteiger partial charge in [0, 0.05) is 35.4 Å². The highest BCUT2D eigenvalue weighted by Crippen LogP contribution is 2.44. The lowest BCUT2D eigenvalue weighted by atomic mass is 9.68. The van der Waals surface area contributed by atoms with Crippen molar-refractivity contribution in [3.8, 4) is 0 Å². The predicted octanol–water partition coefficient (Wildman–Crippen LogP) is 5.72. The highest BCUT2D eigenvalue weighted by atomic mass is 16.7. The van der Waals surface area contributed by atoms with Crippen LogP contribution in [-0.4, -0.2) is 75.6 Å². The molecule has 13 heteroatoms. The molecule has 0 bridgehead atoms. The van der Waals surface area contributed by atoms with Crippen LogP contribution in [0.25, 0.3) is 5.57 Å². The van der Waals surface area contributed by atoms with Crippen molar-refractivity contribution in [3.63, 3.8) is 0 Å². The second-order valence-corrected chi connectivity index (χ2v) is 12.5. The largest absolute Gasteiger partial charge is 0.513 e. The van der Waals surface area contributed by atoms with Crippen LogP contribution in [-0.2, 0) is 26.7 Å². The molecule has 0 amide bonds. The first-order valence-corrected chi connectivity index (χ1v) is 16.7. The number of allylic oxidation sites excluding steroid dienone is 3. The summed E-state index contributed by atoms with van der Waals surface area (Å²) in [5.74, 6) is -0.225. The van der Waals surface area contributed by atoms with Crippen LogP contribution in [0, 0.1) is 10.1 Å². The number of nitrogens with one attached hydrogen (secondary N) is 1. The maximum Gasteiger partial charge on any atom is 0.513 e. The van der Waals surface area contributed by atoms with Crippen LogP contribution >= 0.6 is 0 Å². The number of carbonyl (C=O) groups is 1. The third-order valence-electron chi connectivity index (χ3n) is 9.42. The molecule has 13 nitrogen and oxygen atoms in total. The minimum atomic E-state index is -0.916. The number of piperidine rings is 1. The molecule has 50 heavy (non-hydrogen) atoms. The third-order valence-corrected chi connectivity index (χ3v) is 9.42. The summed E-state index contributed by atoms with van der Waals surface area (Å²) in [6, 6.07) is 27.7. The zero-order valence-corrected chi connectivity index (χ0v) is 28.4. The molecule has 0 spiro atoms. The van der Waals surface area contributed by atoms with Crippen molar-refractivity contribution in [2.24, 2.45) is 7.05 Å². The molecule has 0 aliphatic carbocycles. The van der Waals surface area contributed by atoms with Gasteiger partial charge >= 0.3 is 6.16 Å². The fourth-order valence-corrected chi connectivity index (χ4v) is 6.95. The molecule has 3 aromatic carbocycles. The van der Waals surface area contributed by atoms with E-state index in [1.165, 1.54) is 28.1 Å². The summed E-state index contributed by atoms with van der Waals surface area (Å²) < 4.78 is 17.0. The molecule has 1 saturated heterocycles. The summed E-state index contributed by atoms with van der Waals surface area (Å²) in [6.07, 6.45) is 1.11. The Morgan fingerprint density at radius 1 is 0.940 bits per heavy atom. The average Bonchev–Trinajstić information content (AvgIpc) is 3.57. The molecule has 4 aromatic rings. The Labute approximate surface area is 290 Å². The first-order chi connectivity index (χ1) is 24.2. The molecule has 1 unspecified atom stereocenters. The summed E-state index contributed by atoms with van der Waals surface area (Å²) in [5.41, 5.74) is 4.93. The molecular weight excluding hydrogens is 638 g/mol. The second kappa shape index (κ2) is 15.4. The molecular formula is C37H41N7O6. The molecule has 6 rings (SSSR count). The monoisotopic (exact) mass is 679 g/mol. The lowest BCUT2D eigenvalue weighted by Gasteiger charge is -2.43. The van der Waals surface area contributed by atoms with Gasteiger partial charge in [0.1, 0.15) is 12.4 Å². The molecule has 1 fully saturated rings. The van der Waals surface area contributed by atoms with Gasteiger partial charge in [-0.1, -0.05) is 72.8 Å². The molecule has 0 saturated carbocycles. The van der Waals surface area contributed by atoms with Crippen LogP contribution in [0.15, 0.2) is 102 Å². The molecule has 0 radical (unpaired) electrons. The molecule has 1 N–H and O–H groups in total. The van der Waals surface area contributed by atoms with Gasteiger partial charge in [0.05, 0.1) is 36.8 Å². The molecule has 1 atom stereocenters. The van der Waals surface area contributed by atoms with Crippen molar-refractivity contribution in [2.45, 2.75) is 38.0 Å². The molecule has 2 aliphatic rings. The van der Waals surface area contributed by atoms with Crippen LogP contribution in [0.4, 0.5) is 10.5 Å². The Kier molecular flexibility index (Phi) is 10.6. The van der Waals surface area contributed by atoms with E-state index in [9.17, 15) is 14.9 Å². The van der Waals surface area contributed by atoms with E-state index in [-0.39, 0.29) is 30.1 Å². The van der Waals surface area contributed by atoms with Crippen LogP contribution < -0.4 is 5.32 Å². The van der Waals surface area contributed by atoms with Gasteiger partial charge in [-0.15, -0.1) is 10.2 Å². The minimum Gasteiger partial charge on any atom is -0.432 e. The number of nitrogens with zero attached hydrogens (tertiary/aromatic N) is 6. The normalized spacial score (nSPS) is 17.7. The van der Waals surface area contributed by atoms with Gasteiger partial charge in [0.25, 0.3) is 5.69 Å². The SMILES string of the molecule is CC1=C(OC(=O)OCCOCCN2CCC(c3ccccc3)(c3ccccc3)CC2)C(c2cccc([N+](=O)[O-])c2)C(c2nnn(C)n2)=C(C)N1. The lowest BCUT2D eigenvalue weighted by molar-refractivity contribution is -0.384. The van der Waals surface area contributed by atoms with E-state index in [2.05, 4.69) is 86.3 Å². The van der Waals surface area contributed by atoms with Crippen molar-refractivity contribution in [2.75, 3.05) is 39.5 Å². The van der Waals surface area contributed by atoms with Crippen molar-refractivity contribution in [1.82, 2.24) is 30.4 Å². The van der Waals surface area contributed by atoms with Crippen molar-refractivity contribution in [3.05, 3.63) is 135 Å². The summed E-state index contributed by atoms with van der Waals surface area (Å²) in [7, 11) is 1.64. The van der Waals surface area contributed by atoms with Gasteiger partial charge in [0.2, 0.25) is 5.82 Å². The van der Waals surface area contributed by atoms with Crippen LogP contribution in [0.5, 0.6) is 0 Å². The van der Waals surface area contributed by atoms with Gasteiger partial charge in [0.15, 0.2) is 0 Å². The first-order valence-electron chi connectivity index (χ1n) is 16.7. The van der Waals surface area contributed by atoms with Crippen molar-refractivity contribution in [1.29, 1.82) is 0 Å². The highest BCUT2D eigenvalue weighted by Gasteiger charge is 2.38. The number of nitro benzene ring substituents is 1. The van der Waals surface area contributed by atoms with Gasteiger partial charge < -0.3 is 24.4 Å². The van der Waals surface area contributed by atoms with Gasteiger partial charge in [-0.05, 0) is 61.7 Å². The maximum atomic E-state index is 13.0. The summed E-state index contributed by atoms with van der Waals surface area (Å²) in [5, 5.41) is 27.3. The number of nitro groups is 1. The van der Waals surface area contributed by atoms with Crippen LogP contribution in [0.1, 0.15) is 55.1 Å². The molecule has 260 valence electrons. The second-order valence-electron chi connectivity index (χ2n) is 12.5. The van der Waals surface area contributed by atoms with Crippen molar-refractivity contribution < 1.29 is 23.9 Å². The Bertz CT molecular complexity index is 1830. The third kappa shape index (κ3) is 7.58. The number of ether oxygens (including phenoxy) is 3. The van der Waals surface area contributed by atoms with Gasteiger partial charge in [-0.3, -0.25) is 10.1 Å². The standard InChI is InChI=1S/C37H41N7O6/c1-26-32(35-39-41-42(3)40-35)33(28-11-10-16-31(25-28)44(46)47)34(27(2)38-26)50-36(45)49-24-23-48-22-21-43-19-17-37(18-20-43,29-12-6-4-7-13-29)30-14-8-5-9-15-30/h4-16,25,33,38H,17-24H2,1-3H3. The number of benzene rings is 3. The molecule has 1 aromatic heterocycles. The molecule has 3 heterocycles. The zero-order chi connectivity index (χ0) is 35.1. The van der Waals surface area contributed by atoms with Crippen molar-refractivity contribution >= 4 is 17.4 Å². The Morgan fingerprint density at radius 3 is 2.24 bits per heavy atom. The topological polar surface area (TPSA) is 147 Å². The van der Waals surface area contributed by atoms with E-state index in [1.54, 1.807) is 26.1 Å². The lowest BCUT2D eigenvalue weighted by Crippen LogP contribution is -2.44. The van der Waals surface area contributed by atoms with Gasteiger partial charge in [-0.2, -0.15) is 4.80 Å². The quantitative estimate of drug-likeness (QED) is 0.0849. The van der Waals surface area contributed by atoms with E-state index in [0.29, 0.717) is 35.0 Å². The Morgan fingerprint density at radius 2 is 1.62 bits per heavy atom. The van der Waals surface area contributed by atoms with Gasteiger partial charge in [-0.25, -0.2) is 4.79 Å². The fraction of sp³-hybridized carbons (Fsp3) is 0.351. The Hall–Kier alpha value is -5.40. The van der Waals surface area contributed by atoms with E-state index in [4.69, 9.17) is 14.2 Å². The number of aryl methyl sites for hydroxylation is 1. The summed E-state index contributed by atoms with van der Waals surface area (Å²) >= 11 is 0. The zero-order valence-electron chi connectivity index (χ0n) is 28.4. The summed E-state index contributed by atoms with van der Waals surface area (Å²) in [6.45, 7) is 6.97. The number of non-ortho nitro benzene ring substituents is 1. The maximum absolute atomic E-state index is 13.0. The smallest absolute Gasteiger partial charge is 0.432 e. The fourth-order valence-electron chi connectivity index (χ4n) is 6.95. The van der Waals surface area contributed by atoms with E-state index >= 15 is 0 Å². The number of carbonyl (C=O) groups excluding carboxylic acids is 1. The number of dihydropyridines is 1. The predicted molar refractivity (Wildman–Crippen MR) is 186 cm³/mol. The number of aromatic nitrogens is 4. The Balaban J connectivity index is 1.02. The number of hydrogen-bond acceptors (Lipinski definition) is 11. The van der Waals surface area contributed by atoms with Crippen LogP contribution in [0.2, 0.25) is 0 Å². The highest BCUT2D eigenvalue weighted by molar-refractivity contribution is 5.76. The summed E-state index contributed by atoms with van der Waals surface area (Å²) in [4.78, 5) is 27.8. The number of hydrogen-bond donors (Lipinski definition) is 1. The number of rotatable bonds is 12. The van der Waals surface area contributed by atoms with E-state index < -0.39 is 17.0 Å².